The maximum atomic E-state index is 12.2. The van der Waals surface area contributed by atoms with Gasteiger partial charge >= 0.3 is 0 Å². The standard InChI is InChI=1S/C14H16ClN3O2S/c1-10(18-7-3-6-16-18)14(19)17-12-4-5-13(15)11(8-12)9-21(2)20/h3-8,10H,9H2,1-2H3,(H,17,19)/t10-,21+/m1/s1. The summed E-state index contributed by atoms with van der Waals surface area (Å²) < 4.78 is 12.9. The second-order valence-electron chi connectivity index (χ2n) is 4.68. The molecule has 2 atom stereocenters. The monoisotopic (exact) mass is 325 g/mol. The van der Waals surface area contributed by atoms with E-state index in [1.807, 2.05) is 0 Å². The van der Waals surface area contributed by atoms with E-state index in [2.05, 4.69) is 10.4 Å². The number of carbonyl (C=O) groups is 1. The number of amides is 1. The zero-order valence-corrected chi connectivity index (χ0v) is 13.3. The van der Waals surface area contributed by atoms with E-state index in [1.54, 1.807) is 54.5 Å². The molecule has 0 aliphatic heterocycles. The van der Waals surface area contributed by atoms with Crippen molar-refractivity contribution in [2.24, 2.45) is 0 Å². The maximum absolute atomic E-state index is 12.2. The zero-order chi connectivity index (χ0) is 15.4. The molecule has 0 bridgehead atoms. The first-order valence-electron chi connectivity index (χ1n) is 6.36. The summed E-state index contributed by atoms with van der Waals surface area (Å²) in [6.07, 6.45) is 4.97. The Morgan fingerprint density at radius 2 is 2.29 bits per heavy atom. The number of nitrogens with zero attached hydrogens (tertiary/aromatic N) is 2. The molecule has 0 spiro atoms. The lowest BCUT2D eigenvalue weighted by Crippen LogP contribution is -2.24. The van der Waals surface area contributed by atoms with Crippen LogP contribution in [-0.4, -0.2) is 26.2 Å². The molecule has 1 aromatic carbocycles. The number of anilines is 1. The van der Waals surface area contributed by atoms with Crippen molar-refractivity contribution in [3.8, 4) is 0 Å². The number of hydrogen-bond donors (Lipinski definition) is 1. The highest BCUT2D eigenvalue weighted by Crippen LogP contribution is 2.22. The summed E-state index contributed by atoms with van der Waals surface area (Å²) in [6, 6.07) is 6.51. The van der Waals surface area contributed by atoms with Gasteiger partial charge in [-0.15, -0.1) is 0 Å². The highest BCUT2D eigenvalue weighted by Gasteiger charge is 2.15. The van der Waals surface area contributed by atoms with Gasteiger partial charge in [-0.2, -0.15) is 5.10 Å². The highest BCUT2D eigenvalue weighted by atomic mass is 35.5. The molecule has 0 saturated heterocycles. The van der Waals surface area contributed by atoms with Crippen molar-refractivity contribution in [1.82, 2.24) is 9.78 Å². The van der Waals surface area contributed by atoms with Crippen molar-refractivity contribution in [3.05, 3.63) is 47.2 Å². The second kappa shape index (κ2) is 6.87. The Kier molecular flexibility index (Phi) is 5.14. The van der Waals surface area contributed by atoms with Crippen LogP contribution in [0.4, 0.5) is 5.69 Å². The van der Waals surface area contributed by atoms with E-state index >= 15 is 0 Å². The van der Waals surface area contributed by atoms with Gasteiger partial charge in [-0.1, -0.05) is 11.6 Å². The molecule has 2 aromatic rings. The molecule has 1 heterocycles. The molecule has 5 nitrogen and oxygen atoms in total. The van der Waals surface area contributed by atoms with Crippen molar-refractivity contribution in [3.63, 3.8) is 0 Å². The molecule has 7 heteroatoms. The van der Waals surface area contributed by atoms with Crippen molar-refractivity contribution < 1.29 is 9.00 Å². The second-order valence-corrected chi connectivity index (χ2v) is 6.52. The van der Waals surface area contributed by atoms with E-state index in [9.17, 15) is 9.00 Å². The van der Waals surface area contributed by atoms with E-state index in [0.717, 1.165) is 5.56 Å². The van der Waals surface area contributed by atoms with Crippen LogP contribution in [0.25, 0.3) is 0 Å². The summed E-state index contributed by atoms with van der Waals surface area (Å²) in [6.45, 7) is 1.76. The number of aromatic nitrogens is 2. The fraction of sp³-hybridized carbons (Fsp3) is 0.286. The molecule has 1 amide bonds. The summed E-state index contributed by atoms with van der Waals surface area (Å²) >= 11 is 6.06. The normalized spacial score (nSPS) is 13.7. The van der Waals surface area contributed by atoms with Crippen LogP contribution >= 0.6 is 11.6 Å². The van der Waals surface area contributed by atoms with E-state index in [4.69, 9.17) is 11.6 Å². The van der Waals surface area contributed by atoms with Crippen LogP contribution in [0.3, 0.4) is 0 Å². The third-order valence-electron chi connectivity index (χ3n) is 2.97. The Labute approximate surface area is 130 Å². The van der Waals surface area contributed by atoms with Crippen LogP contribution in [0.15, 0.2) is 36.7 Å². The summed E-state index contributed by atoms with van der Waals surface area (Å²) in [5.41, 5.74) is 1.38. The summed E-state index contributed by atoms with van der Waals surface area (Å²) in [4.78, 5) is 12.2. The Morgan fingerprint density at radius 3 is 2.90 bits per heavy atom. The largest absolute Gasteiger partial charge is 0.324 e. The van der Waals surface area contributed by atoms with E-state index in [0.29, 0.717) is 16.5 Å². The molecule has 1 N–H and O–H groups in total. The topological polar surface area (TPSA) is 64.0 Å². The molecule has 0 fully saturated rings. The van der Waals surface area contributed by atoms with Gasteiger partial charge in [0.15, 0.2) is 0 Å². The Hall–Kier alpha value is -1.66. The van der Waals surface area contributed by atoms with Gasteiger partial charge < -0.3 is 5.32 Å². The van der Waals surface area contributed by atoms with Crippen molar-refractivity contribution in [1.29, 1.82) is 0 Å². The SMILES string of the molecule is C[C@H](C(=O)Nc1ccc(Cl)c(C[S@](C)=O)c1)n1cccn1. The number of rotatable bonds is 5. The third kappa shape index (κ3) is 4.15. The molecule has 1 aromatic heterocycles. The van der Waals surface area contributed by atoms with Gasteiger partial charge in [0, 0.05) is 45.9 Å². The van der Waals surface area contributed by atoms with Gasteiger partial charge in [-0.05, 0) is 36.8 Å². The highest BCUT2D eigenvalue weighted by molar-refractivity contribution is 7.83. The fourth-order valence-corrected chi connectivity index (χ4v) is 2.80. The number of hydrogen-bond acceptors (Lipinski definition) is 3. The average molecular weight is 326 g/mol. The fourth-order valence-electron chi connectivity index (χ4n) is 1.86. The van der Waals surface area contributed by atoms with Crippen LogP contribution < -0.4 is 5.32 Å². The lowest BCUT2D eigenvalue weighted by atomic mass is 10.2. The van der Waals surface area contributed by atoms with Gasteiger partial charge in [0.2, 0.25) is 5.91 Å². The average Bonchev–Trinajstić information content (AvgIpc) is 2.95. The molecule has 112 valence electrons. The van der Waals surface area contributed by atoms with E-state index < -0.39 is 16.8 Å². The molecule has 0 unspecified atom stereocenters. The Balaban J connectivity index is 2.12. The van der Waals surface area contributed by atoms with Crippen LogP contribution in [0, 0.1) is 0 Å². The third-order valence-corrected chi connectivity index (χ3v) is 4.06. The molecule has 0 saturated carbocycles. The molecule has 0 aliphatic carbocycles. The first kappa shape index (κ1) is 15.7. The van der Waals surface area contributed by atoms with Crippen LogP contribution in [0.2, 0.25) is 5.02 Å². The Morgan fingerprint density at radius 1 is 1.52 bits per heavy atom. The molecule has 2 rings (SSSR count). The molecule has 0 radical (unpaired) electrons. The lowest BCUT2D eigenvalue weighted by molar-refractivity contribution is -0.119. The first-order valence-corrected chi connectivity index (χ1v) is 8.46. The number of benzene rings is 1. The molecular formula is C14H16ClN3O2S. The predicted octanol–water partition coefficient (Wildman–Crippen LogP) is 2.61. The van der Waals surface area contributed by atoms with Crippen molar-refractivity contribution >= 4 is 34.0 Å². The minimum atomic E-state index is -0.992. The molecule has 0 aliphatic rings. The van der Waals surface area contributed by atoms with Gasteiger partial charge in [0.25, 0.3) is 0 Å². The van der Waals surface area contributed by atoms with Gasteiger partial charge in [0.05, 0.1) is 0 Å². The smallest absolute Gasteiger partial charge is 0.248 e. The van der Waals surface area contributed by atoms with Gasteiger partial charge in [-0.3, -0.25) is 13.7 Å². The Bertz CT molecular complexity index is 658. The minimum absolute atomic E-state index is 0.176. The summed E-state index contributed by atoms with van der Waals surface area (Å²) in [5, 5.41) is 7.40. The van der Waals surface area contributed by atoms with Crippen LogP contribution in [0.5, 0.6) is 0 Å². The van der Waals surface area contributed by atoms with Gasteiger partial charge in [0.1, 0.15) is 6.04 Å². The van der Waals surface area contributed by atoms with Crippen LogP contribution in [0.1, 0.15) is 18.5 Å². The molecule has 21 heavy (non-hydrogen) atoms. The van der Waals surface area contributed by atoms with Crippen molar-refractivity contribution in [2.75, 3.05) is 11.6 Å². The van der Waals surface area contributed by atoms with Crippen LogP contribution in [-0.2, 0) is 21.3 Å². The predicted molar refractivity (Wildman–Crippen MR) is 84.8 cm³/mol. The quantitative estimate of drug-likeness (QED) is 0.919. The van der Waals surface area contributed by atoms with Crippen molar-refractivity contribution in [2.45, 2.75) is 18.7 Å². The maximum Gasteiger partial charge on any atom is 0.248 e. The van der Waals surface area contributed by atoms with E-state index in [1.165, 1.54) is 0 Å². The minimum Gasteiger partial charge on any atom is -0.324 e. The first-order chi connectivity index (χ1) is 9.97. The number of carbonyl (C=O) groups excluding carboxylic acids is 1. The summed E-state index contributed by atoms with van der Waals surface area (Å²) in [5.74, 6) is 0.182. The summed E-state index contributed by atoms with van der Waals surface area (Å²) in [7, 11) is -0.992. The van der Waals surface area contributed by atoms with E-state index in [-0.39, 0.29) is 5.91 Å². The number of nitrogens with one attached hydrogen (secondary N) is 1. The lowest BCUT2D eigenvalue weighted by Gasteiger charge is -2.13. The number of halogens is 1. The zero-order valence-electron chi connectivity index (χ0n) is 11.7. The van der Waals surface area contributed by atoms with Gasteiger partial charge in [-0.25, -0.2) is 0 Å². The molecular weight excluding hydrogens is 310 g/mol.